The monoisotopic (exact) mass is 253 g/mol. The van der Waals surface area contributed by atoms with E-state index in [1.54, 1.807) is 7.11 Å². The zero-order valence-electron chi connectivity index (χ0n) is 11.4. The first-order valence-electron chi connectivity index (χ1n) is 5.93. The number of benzene rings is 1. The molecule has 3 heteroatoms. The fourth-order valence-corrected chi connectivity index (χ4v) is 2.56. The van der Waals surface area contributed by atoms with E-state index in [-0.39, 0.29) is 0 Å². The Kier molecular flexibility index (Phi) is 5.34. The average Bonchev–Trinajstić information content (AvgIpc) is 2.25. The van der Waals surface area contributed by atoms with E-state index in [9.17, 15) is 0 Å². The number of thiol groups is 1. The maximum atomic E-state index is 5.53. The lowest BCUT2D eigenvalue weighted by Crippen LogP contribution is -2.22. The molecule has 0 aliphatic rings. The molecule has 0 saturated heterocycles. The van der Waals surface area contributed by atoms with Gasteiger partial charge in [-0.05, 0) is 57.3 Å². The fraction of sp³-hybridized carbons (Fsp3) is 0.571. The summed E-state index contributed by atoms with van der Waals surface area (Å²) >= 11 is 4.36. The standard InChI is InChI=1S/C14H23NOS/c1-10-8-11(2)14(13(9-10)16-5)12(6-7-17)15(3)4/h8-9,12,17H,6-7H2,1-5H3. The highest BCUT2D eigenvalue weighted by molar-refractivity contribution is 7.80. The molecule has 0 aliphatic heterocycles. The molecule has 0 saturated carbocycles. The minimum Gasteiger partial charge on any atom is -0.496 e. The van der Waals surface area contributed by atoms with E-state index < -0.39 is 0 Å². The number of hydrogen-bond acceptors (Lipinski definition) is 3. The summed E-state index contributed by atoms with van der Waals surface area (Å²) < 4.78 is 5.53. The number of rotatable bonds is 5. The summed E-state index contributed by atoms with van der Waals surface area (Å²) in [6.07, 6.45) is 1.02. The molecule has 0 bridgehead atoms. The molecule has 0 aromatic heterocycles. The minimum atomic E-state index is 0.364. The molecule has 1 unspecified atom stereocenters. The Hall–Kier alpha value is -0.670. The van der Waals surface area contributed by atoms with Crippen molar-refractivity contribution in [3.05, 3.63) is 28.8 Å². The number of ether oxygens (including phenoxy) is 1. The van der Waals surface area contributed by atoms with Gasteiger partial charge in [-0.3, -0.25) is 0 Å². The second kappa shape index (κ2) is 6.31. The third-order valence-electron chi connectivity index (χ3n) is 3.07. The van der Waals surface area contributed by atoms with Crippen LogP contribution in [0, 0.1) is 13.8 Å². The number of hydrogen-bond donors (Lipinski definition) is 1. The molecule has 1 aromatic rings. The fourth-order valence-electron chi connectivity index (χ4n) is 2.32. The Labute approximate surface area is 110 Å². The molecule has 96 valence electrons. The predicted molar refractivity (Wildman–Crippen MR) is 77.4 cm³/mol. The van der Waals surface area contributed by atoms with Gasteiger partial charge < -0.3 is 9.64 Å². The molecule has 1 aromatic carbocycles. The lowest BCUT2D eigenvalue weighted by atomic mass is 9.95. The Morgan fingerprint density at radius 1 is 1.29 bits per heavy atom. The Morgan fingerprint density at radius 3 is 2.41 bits per heavy atom. The first-order chi connectivity index (χ1) is 8.01. The van der Waals surface area contributed by atoms with Gasteiger partial charge in [0.15, 0.2) is 0 Å². The van der Waals surface area contributed by atoms with Crippen molar-refractivity contribution >= 4 is 12.6 Å². The lowest BCUT2D eigenvalue weighted by molar-refractivity contribution is 0.282. The highest BCUT2D eigenvalue weighted by atomic mass is 32.1. The summed E-state index contributed by atoms with van der Waals surface area (Å²) in [5.41, 5.74) is 3.82. The predicted octanol–water partition coefficient (Wildman–Crippen LogP) is 3.23. The van der Waals surface area contributed by atoms with Crippen molar-refractivity contribution in [1.82, 2.24) is 4.90 Å². The van der Waals surface area contributed by atoms with E-state index >= 15 is 0 Å². The molecule has 1 atom stereocenters. The van der Waals surface area contributed by atoms with Crippen molar-refractivity contribution in [2.75, 3.05) is 27.0 Å². The summed E-state index contributed by atoms with van der Waals surface area (Å²) in [6, 6.07) is 4.69. The first kappa shape index (κ1) is 14.4. The van der Waals surface area contributed by atoms with Crippen molar-refractivity contribution in [3.63, 3.8) is 0 Å². The van der Waals surface area contributed by atoms with Crippen LogP contribution in [0.4, 0.5) is 0 Å². The van der Waals surface area contributed by atoms with E-state index in [0.29, 0.717) is 6.04 Å². The molecule has 0 radical (unpaired) electrons. The van der Waals surface area contributed by atoms with Gasteiger partial charge in [0, 0.05) is 11.6 Å². The van der Waals surface area contributed by atoms with E-state index in [1.165, 1.54) is 16.7 Å². The molecule has 0 amide bonds. The van der Waals surface area contributed by atoms with Crippen LogP contribution in [-0.2, 0) is 0 Å². The van der Waals surface area contributed by atoms with Crippen molar-refractivity contribution in [2.45, 2.75) is 26.3 Å². The van der Waals surface area contributed by atoms with Gasteiger partial charge in [0.1, 0.15) is 5.75 Å². The number of methoxy groups -OCH3 is 1. The van der Waals surface area contributed by atoms with Gasteiger partial charge in [-0.15, -0.1) is 0 Å². The molecule has 0 fully saturated rings. The number of nitrogens with zero attached hydrogens (tertiary/aromatic N) is 1. The molecular formula is C14H23NOS. The van der Waals surface area contributed by atoms with Crippen molar-refractivity contribution in [1.29, 1.82) is 0 Å². The largest absolute Gasteiger partial charge is 0.496 e. The van der Waals surface area contributed by atoms with Crippen molar-refractivity contribution in [3.8, 4) is 5.75 Å². The zero-order chi connectivity index (χ0) is 13.0. The molecule has 17 heavy (non-hydrogen) atoms. The maximum Gasteiger partial charge on any atom is 0.124 e. The molecular weight excluding hydrogens is 230 g/mol. The first-order valence-corrected chi connectivity index (χ1v) is 6.57. The van der Waals surface area contributed by atoms with Crippen LogP contribution in [-0.4, -0.2) is 31.9 Å². The molecule has 0 spiro atoms. The summed E-state index contributed by atoms with van der Waals surface area (Å²) in [6.45, 7) is 4.25. The highest BCUT2D eigenvalue weighted by Crippen LogP contribution is 2.34. The summed E-state index contributed by atoms with van der Waals surface area (Å²) in [4.78, 5) is 2.23. The highest BCUT2D eigenvalue weighted by Gasteiger charge is 2.20. The van der Waals surface area contributed by atoms with Crippen LogP contribution in [0.1, 0.15) is 29.2 Å². The third kappa shape index (κ3) is 3.39. The molecule has 0 aliphatic carbocycles. The van der Waals surface area contributed by atoms with Crippen molar-refractivity contribution in [2.24, 2.45) is 0 Å². The van der Waals surface area contributed by atoms with Crippen LogP contribution in [0.5, 0.6) is 5.75 Å². The minimum absolute atomic E-state index is 0.364. The van der Waals surface area contributed by atoms with E-state index in [4.69, 9.17) is 4.74 Å². The van der Waals surface area contributed by atoms with Gasteiger partial charge in [0.2, 0.25) is 0 Å². The maximum absolute atomic E-state index is 5.53. The van der Waals surface area contributed by atoms with Gasteiger partial charge in [-0.1, -0.05) is 6.07 Å². The van der Waals surface area contributed by atoms with E-state index in [0.717, 1.165) is 17.9 Å². The third-order valence-corrected chi connectivity index (χ3v) is 3.33. The van der Waals surface area contributed by atoms with Crippen LogP contribution in [0.25, 0.3) is 0 Å². The van der Waals surface area contributed by atoms with E-state index in [1.807, 2.05) is 0 Å². The topological polar surface area (TPSA) is 12.5 Å². The van der Waals surface area contributed by atoms with Gasteiger partial charge in [-0.25, -0.2) is 0 Å². The summed E-state index contributed by atoms with van der Waals surface area (Å²) in [5, 5.41) is 0. The van der Waals surface area contributed by atoms with Crippen LogP contribution < -0.4 is 4.74 Å². The van der Waals surface area contributed by atoms with E-state index in [2.05, 4.69) is 57.6 Å². The molecule has 2 nitrogen and oxygen atoms in total. The number of aryl methyl sites for hydroxylation is 2. The summed E-state index contributed by atoms with van der Waals surface area (Å²) in [7, 11) is 5.95. The Bertz CT molecular complexity index is 377. The van der Waals surface area contributed by atoms with Crippen LogP contribution in [0.2, 0.25) is 0 Å². The second-order valence-corrected chi connectivity index (χ2v) is 5.14. The van der Waals surface area contributed by atoms with Crippen LogP contribution in [0.15, 0.2) is 12.1 Å². The van der Waals surface area contributed by atoms with Crippen LogP contribution >= 0.6 is 12.6 Å². The van der Waals surface area contributed by atoms with Gasteiger partial charge in [0.05, 0.1) is 7.11 Å². The Balaban J connectivity index is 3.25. The quantitative estimate of drug-likeness (QED) is 0.809. The summed E-state index contributed by atoms with van der Waals surface area (Å²) in [5.74, 6) is 1.86. The normalized spacial score (nSPS) is 12.9. The average molecular weight is 253 g/mol. The second-order valence-electron chi connectivity index (χ2n) is 4.69. The lowest BCUT2D eigenvalue weighted by Gasteiger charge is -2.27. The molecule has 0 N–H and O–H groups in total. The zero-order valence-corrected chi connectivity index (χ0v) is 12.3. The van der Waals surface area contributed by atoms with Gasteiger partial charge in [0.25, 0.3) is 0 Å². The van der Waals surface area contributed by atoms with Gasteiger partial charge in [-0.2, -0.15) is 12.6 Å². The smallest absolute Gasteiger partial charge is 0.124 e. The Morgan fingerprint density at radius 2 is 1.94 bits per heavy atom. The molecule has 1 rings (SSSR count). The molecule has 0 heterocycles. The van der Waals surface area contributed by atoms with Crippen LogP contribution in [0.3, 0.4) is 0 Å². The van der Waals surface area contributed by atoms with Gasteiger partial charge >= 0.3 is 0 Å². The SMILES string of the molecule is COc1cc(C)cc(C)c1C(CCS)N(C)C. The van der Waals surface area contributed by atoms with Crippen molar-refractivity contribution < 1.29 is 4.74 Å².